The van der Waals surface area contributed by atoms with E-state index in [9.17, 15) is 18.0 Å². The van der Waals surface area contributed by atoms with Gasteiger partial charge in [-0.3, -0.25) is 4.79 Å². The molecule has 0 amide bonds. The second-order valence-electron chi connectivity index (χ2n) is 4.85. The average Bonchev–Trinajstić information content (AvgIpc) is 3.16. The van der Waals surface area contributed by atoms with Crippen LogP contribution in [0.1, 0.15) is 15.2 Å². The Kier molecular flexibility index (Phi) is 3.78. The molecule has 23 heavy (non-hydrogen) atoms. The van der Waals surface area contributed by atoms with Gasteiger partial charge in [-0.15, -0.1) is 11.3 Å². The zero-order chi connectivity index (χ0) is 16.6. The van der Waals surface area contributed by atoms with Gasteiger partial charge in [0.2, 0.25) is 0 Å². The first kappa shape index (κ1) is 15.4. The first-order valence-corrected chi connectivity index (χ1v) is 8.94. The fourth-order valence-corrected chi connectivity index (χ4v) is 3.92. The molecule has 2 heterocycles. The minimum atomic E-state index is -4.03. The zero-order valence-electron chi connectivity index (χ0n) is 12.0. The summed E-state index contributed by atoms with van der Waals surface area (Å²) in [5.74, 6) is -0.553. The van der Waals surface area contributed by atoms with Crippen molar-refractivity contribution in [1.82, 2.24) is 8.54 Å². The van der Waals surface area contributed by atoms with Gasteiger partial charge >= 0.3 is 5.69 Å². The van der Waals surface area contributed by atoms with Crippen LogP contribution in [-0.4, -0.2) is 22.9 Å². The normalized spacial score (nSPS) is 11.5. The van der Waals surface area contributed by atoms with Gasteiger partial charge in [0.05, 0.1) is 9.77 Å². The maximum atomic E-state index is 12.5. The van der Waals surface area contributed by atoms with Gasteiger partial charge < -0.3 is 0 Å². The largest absolute Gasteiger partial charge is 0.349 e. The highest BCUT2D eigenvalue weighted by Crippen LogP contribution is 2.14. The summed E-state index contributed by atoms with van der Waals surface area (Å²) in [6, 6.07) is 9.40. The molecule has 0 saturated heterocycles. The summed E-state index contributed by atoms with van der Waals surface area (Å²) in [4.78, 5) is 24.9. The van der Waals surface area contributed by atoms with Crippen LogP contribution < -0.4 is 5.69 Å². The van der Waals surface area contributed by atoms with Gasteiger partial charge in [-0.05, 0) is 30.5 Å². The molecule has 8 heteroatoms. The molecule has 1 aromatic carbocycles. The van der Waals surface area contributed by atoms with Crippen LogP contribution in [0.3, 0.4) is 0 Å². The van der Waals surface area contributed by atoms with E-state index < -0.39 is 21.6 Å². The predicted molar refractivity (Wildman–Crippen MR) is 86.5 cm³/mol. The molecule has 2 aromatic heterocycles. The molecule has 0 N–H and O–H groups in total. The first-order valence-electron chi connectivity index (χ1n) is 6.62. The third-order valence-corrected chi connectivity index (χ3v) is 5.80. The Morgan fingerprint density at radius 1 is 1.09 bits per heavy atom. The Bertz CT molecular complexity index is 1010. The number of hydrogen-bond acceptors (Lipinski definition) is 5. The molecule has 118 valence electrons. The fourth-order valence-electron chi connectivity index (χ4n) is 2.04. The van der Waals surface area contributed by atoms with Crippen LogP contribution in [0.4, 0.5) is 0 Å². The van der Waals surface area contributed by atoms with Crippen molar-refractivity contribution in [1.29, 1.82) is 0 Å². The Hall–Kier alpha value is -2.45. The summed E-state index contributed by atoms with van der Waals surface area (Å²) < 4.78 is 26.4. The number of thiophene rings is 1. The quantitative estimate of drug-likeness (QED) is 0.725. The van der Waals surface area contributed by atoms with Crippen LogP contribution in [0.2, 0.25) is 0 Å². The molecule has 0 aliphatic carbocycles. The summed E-state index contributed by atoms with van der Waals surface area (Å²) in [5.41, 5.74) is -0.00860. The van der Waals surface area contributed by atoms with Crippen molar-refractivity contribution in [3.8, 4) is 0 Å². The number of nitrogens with zero attached hydrogens (tertiary/aromatic N) is 2. The van der Waals surface area contributed by atoms with E-state index >= 15 is 0 Å². The number of benzene rings is 1. The lowest BCUT2D eigenvalue weighted by Gasteiger charge is -2.04. The Morgan fingerprint density at radius 3 is 2.39 bits per heavy atom. The summed E-state index contributed by atoms with van der Waals surface area (Å²) >= 11 is 1.18. The lowest BCUT2D eigenvalue weighted by atomic mass is 10.2. The second kappa shape index (κ2) is 5.64. The van der Waals surface area contributed by atoms with Crippen LogP contribution in [0, 0.1) is 6.92 Å². The molecular formula is C15H12N2O4S2. The van der Waals surface area contributed by atoms with Crippen molar-refractivity contribution >= 4 is 27.3 Å². The molecule has 0 unspecified atom stereocenters. The smallest absolute Gasteiger partial charge is 0.267 e. The minimum Gasteiger partial charge on any atom is -0.267 e. The van der Waals surface area contributed by atoms with Crippen LogP contribution >= 0.6 is 11.3 Å². The van der Waals surface area contributed by atoms with Crippen LogP contribution in [0.5, 0.6) is 0 Å². The highest BCUT2D eigenvalue weighted by atomic mass is 32.2. The van der Waals surface area contributed by atoms with Crippen LogP contribution in [-0.2, 0) is 10.0 Å². The highest BCUT2D eigenvalue weighted by molar-refractivity contribution is 7.90. The SMILES string of the molecule is Cc1ccc(S(=O)(=O)n2ccn(C(=O)c3cccs3)c2=O)cc1. The predicted octanol–water partition coefficient (Wildman–Crippen LogP) is 1.95. The van der Waals surface area contributed by atoms with E-state index in [1.807, 2.05) is 6.92 Å². The number of imidazole rings is 1. The molecule has 0 saturated carbocycles. The van der Waals surface area contributed by atoms with Gasteiger partial charge in [-0.2, -0.15) is 3.97 Å². The standard InChI is InChI=1S/C15H12N2O4S2/c1-11-4-6-12(7-5-11)23(20,21)17-9-8-16(15(17)19)14(18)13-3-2-10-22-13/h2-10H,1H3. The van der Waals surface area contributed by atoms with Gasteiger partial charge in [0.25, 0.3) is 15.9 Å². The average molecular weight is 348 g/mol. The van der Waals surface area contributed by atoms with E-state index in [4.69, 9.17) is 0 Å². The maximum absolute atomic E-state index is 12.5. The van der Waals surface area contributed by atoms with Crippen LogP contribution in [0.25, 0.3) is 0 Å². The molecule has 0 fully saturated rings. The van der Waals surface area contributed by atoms with Gasteiger partial charge in [0.1, 0.15) is 0 Å². The molecule has 6 nitrogen and oxygen atoms in total. The number of aromatic nitrogens is 2. The fraction of sp³-hybridized carbons (Fsp3) is 0.0667. The van der Waals surface area contributed by atoms with Gasteiger partial charge in [0, 0.05) is 12.4 Å². The topological polar surface area (TPSA) is 78.1 Å². The van der Waals surface area contributed by atoms with Crippen molar-refractivity contribution in [2.75, 3.05) is 0 Å². The van der Waals surface area contributed by atoms with Crippen molar-refractivity contribution in [2.45, 2.75) is 11.8 Å². The molecule has 0 aliphatic heterocycles. The van der Waals surface area contributed by atoms with Gasteiger partial charge in [0.15, 0.2) is 0 Å². The van der Waals surface area contributed by atoms with E-state index in [0.717, 1.165) is 22.5 Å². The Morgan fingerprint density at radius 2 is 1.78 bits per heavy atom. The van der Waals surface area contributed by atoms with Crippen molar-refractivity contribution in [2.24, 2.45) is 0 Å². The minimum absolute atomic E-state index is 0.00785. The van der Waals surface area contributed by atoms with Gasteiger partial charge in [-0.25, -0.2) is 17.8 Å². The zero-order valence-corrected chi connectivity index (χ0v) is 13.7. The molecule has 0 aliphatic rings. The summed E-state index contributed by atoms with van der Waals surface area (Å²) in [5, 5.41) is 1.71. The molecule has 0 spiro atoms. The lowest BCUT2D eigenvalue weighted by Crippen LogP contribution is -2.32. The summed E-state index contributed by atoms with van der Waals surface area (Å²) in [6.07, 6.45) is 2.25. The van der Waals surface area contributed by atoms with E-state index in [0.29, 0.717) is 8.85 Å². The molecule has 3 rings (SSSR count). The summed E-state index contributed by atoms with van der Waals surface area (Å²) in [7, 11) is -4.03. The third kappa shape index (κ3) is 2.66. The molecule has 0 radical (unpaired) electrons. The van der Waals surface area contributed by atoms with E-state index in [1.165, 1.54) is 23.5 Å². The van der Waals surface area contributed by atoms with Crippen molar-refractivity contribution in [3.63, 3.8) is 0 Å². The highest BCUT2D eigenvalue weighted by Gasteiger charge is 2.23. The van der Waals surface area contributed by atoms with Crippen LogP contribution in [0.15, 0.2) is 63.9 Å². The molecule has 0 bridgehead atoms. The number of carbonyl (C=O) groups is 1. The second-order valence-corrected chi connectivity index (χ2v) is 7.61. The van der Waals surface area contributed by atoms with Gasteiger partial charge in [-0.1, -0.05) is 23.8 Å². The molecule has 3 aromatic rings. The Labute approximate surface area is 136 Å². The van der Waals surface area contributed by atoms with Crippen molar-refractivity contribution in [3.05, 3.63) is 75.1 Å². The monoisotopic (exact) mass is 348 g/mol. The molecule has 0 atom stereocenters. The Balaban J connectivity index is 2.07. The van der Waals surface area contributed by atoms with E-state index in [1.54, 1.807) is 29.6 Å². The lowest BCUT2D eigenvalue weighted by molar-refractivity contribution is 0.0960. The molecular weight excluding hydrogens is 336 g/mol. The van der Waals surface area contributed by atoms with E-state index in [-0.39, 0.29) is 4.90 Å². The number of hydrogen-bond donors (Lipinski definition) is 0. The number of rotatable bonds is 3. The third-order valence-electron chi connectivity index (χ3n) is 3.27. The number of carbonyl (C=O) groups excluding carboxylic acids is 1. The number of aryl methyl sites for hydroxylation is 1. The van der Waals surface area contributed by atoms with Crippen molar-refractivity contribution < 1.29 is 13.2 Å². The van der Waals surface area contributed by atoms with E-state index in [2.05, 4.69) is 0 Å². The first-order chi connectivity index (χ1) is 10.9. The maximum Gasteiger partial charge on any atom is 0.349 e. The summed E-state index contributed by atoms with van der Waals surface area (Å²) in [6.45, 7) is 1.83.